The molecule has 5 heteroatoms. The smallest absolute Gasteiger partial charge is 0.224 e. The second kappa shape index (κ2) is 5.76. The molecule has 0 amide bonds. The van der Waals surface area contributed by atoms with Gasteiger partial charge < -0.3 is 15.2 Å². The molecule has 0 unspecified atom stereocenters. The van der Waals surface area contributed by atoms with Gasteiger partial charge in [0.2, 0.25) is 5.88 Å². The highest BCUT2D eigenvalue weighted by molar-refractivity contribution is 5.83. The molecule has 1 aromatic heterocycles. The lowest BCUT2D eigenvalue weighted by atomic mass is 10.1. The molecule has 0 radical (unpaired) electrons. The van der Waals surface area contributed by atoms with Gasteiger partial charge >= 0.3 is 0 Å². The number of nitrogen functional groups attached to an aromatic ring is 1. The van der Waals surface area contributed by atoms with Gasteiger partial charge in [-0.05, 0) is 22.9 Å². The number of rotatable bonds is 4. The summed E-state index contributed by atoms with van der Waals surface area (Å²) in [5.41, 5.74) is 5.75. The quantitative estimate of drug-likeness (QED) is 0.795. The Morgan fingerprint density at radius 3 is 2.62 bits per heavy atom. The van der Waals surface area contributed by atoms with Crippen molar-refractivity contribution in [3.05, 3.63) is 54.4 Å². The molecular formula is C16H15N3O2. The first-order valence-corrected chi connectivity index (χ1v) is 6.53. The van der Waals surface area contributed by atoms with Gasteiger partial charge in [0.15, 0.2) is 5.82 Å². The Balaban J connectivity index is 1.90. The molecule has 2 aromatic carbocycles. The minimum absolute atomic E-state index is 0.291. The molecule has 0 aliphatic heterocycles. The summed E-state index contributed by atoms with van der Waals surface area (Å²) >= 11 is 0. The third kappa shape index (κ3) is 3.09. The normalized spacial score (nSPS) is 10.7. The fraction of sp³-hybridized carbons (Fsp3) is 0.125. The average Bonchev–Trinajstić information content (AvgIpc) is 2.47. The number of methoxy groups -OCH3 is 1. The summed E-state index contributed by atoms with van der Waals surface area (Å²) in [6.45, 7) is 0.291. The first kappa shape index (κ1) is 13.3. The van der Waals surface area contributed by atoms with E-state index < -0.39 is 0 Å². The molecule has 0 saturated carbocycles. The van der Waals surface area contributed by atoms with Crippen molar-refractivity contribution in [1.29, 1.82) is 0 Å². The highest BCUT2D eigenvalue weighted by Gasteiger charge is 2.05. The molecule has 21 heavy (non-hydrogen) atoms. The molecule has 2 N–H and O–H groups in total. The molecule has 3 aromatic rings. The zero-order valence-corrected chi connectivity index (χ0v) is 11.6. The summed E-state index contributed by atoms with van der Waals surface area (Å²) in [6, 6.07) is 15.5. The van der Waals surface area contributed by atoms with Crippen molar-refractivity contribution in [3.8, 4) is 11.6 Å². The molecule has 0 fully saturated rings. The number of nitrogens with two attached hydrogens (primary N) is 1. The Morgan fingerprint density at radius 1 is 1.00 bits per heavy atom. The lowest BCUT2D eigenvalue weighted by Gasteiger charge is -2.08. The molecule has 3 rings (SSSR count). The van der Waals surface area contributed by atoms with Gasteiger partial charge in [-0.1, -0.05) is 30.3 Å². The Kier molecular flexibility index (Phi) is 3.66. The molecule has 1 heterocycles. The first-order chi connectivity index (χ1) is 10.2. The third-order valence-electron chi connectivity index (χ3n) is 2.99. The number of benzene rings is 2. The van der Waals surface area contributed by atoms with Crippen LogP contribution < -0.4 is 10.5 Å². The van der Waals surface area contributed by atoms with Crippen LogP contribution in [0.3, 0.4) is 0 Å². The van der Waals surface area contributed by atoms with Crippen molar-refractivity contribution in [2.75, 3.05) is 12.8 Å². The van der Waals surface area contributed by atoms with Crippen LogP contribution in [0.1, 0.15) is 5.82 Å². The largest absolute Gasteiger partial charge is 0.439 e. The van der Waals surface area contributed by atoms with E-state index in [0.29, 0.717) is 29.9 Å². The van der Waals surface area contributed by atoms with Gasteiger partial charge in [0.1, 0.15) is 18.2 Å². The topological polar surface area (TPSA) is 70.3 Å². The first-order valence-electron chi connectivity index (χ1n) is 6.53. The van der Waals surface area contributed by atoms with Crippen molar-refractivity contribution in [2.45, 2.75) is 6.61 Å². The minimum atomic E-state index is 0.291. The van der Waals surface area contributed by atoms with Gasteiger partial charge in [0.05, 0.1) is 0 Å². The lowest BCUT2D eigenvalue weighted by Crippen LogP contribution is -2.02. The molecule has 0 atom stereocenters. The van der Waals surface area contributed by atoms with E-state index in [9.17, 15) is 0 Å². The molecule has 106 valence electrons. The maximum absolute atomic E-state index is 5.77. The number of hydrogen-bond acceptors (Lipinski definition) is 5. The zero-order valence-electron chi connectivity index (χ0n) is 11.6. The minimum Gasteiger partial charge on any atom is -0.439 e. The third-order valence-corrected chi connectivity index (χ3v) is 2.99. The van der Waals surface area contributed by atoms with Crippen LogP contribution in [0, 0.1) is 0 Å². The molecule has 0 aliphatic carbocycles. The van der Waals surface area contributed by atoms with E-state index in [4.69, 9.17) is 15.2 Å². The van der Waals surface area contributed by atoms with Crippen molar-refractivity contribution in [3.63, 3.8) is 0 Å². The van der Waals surface area contributed by atoms with Crippen LogP contribution in [0.15, 0.2) is 48.5 Å². The van der Waals surface area contributed by atoms with E-state index in [2.05, 4.69) is 16.0 Å². The van der Waals surface area contributed by atoms with E-state index in [-0.39, 0.29) is 0 Å². The highest BCUT2D eigenvalue weighted by atomic mass is 16.5. The molecule has 0 spiro atoms. The van der Waals surface area contributed by atoms with Crippen LogP contribution in [0.25, 0.3) is 10.8 Å². The highest BCUT2D eigenvalue weighted by Crippen LogP contribution is 2.25. The van der Waals surface area contributed by atoms with E-state index in [1.165, 1.54) is 0 Å². The van der Waals surface area contributed by atoms with Crippen molar-refractivity contribution >= 4 is 16.6 Å². The Labute approximate surface area is 122 Å². The van der Waals surface area contributed by atoms with Crippen LogP contribution in [0.4, 0.5) is 5.82 Å². The van der Waals surface area contributed by atoms with Gasteiger partial charge in [-0.3, -0.25) is 0 Å². The van der Waals surface area contributed by atoms with Gasteiger partial charge in [-0.15, -0.1) is 0 Å². The molecule has 0 aliphatic rings. The van der Waals surface area contributed by atoms with Crippen molar-refractivity contribution in [2.24, 2.45) is 0 Å². The SMILES string of the molecule is COCc1nc(N)cc(Oc2ccc3ccccc3c2)n1. The second-order valence-electron chi connectivity index (χ2n) is 4.59. The zero-order chi connectivity index (χ0) is 14.7. The number of nitrogens with zero attached hydrogens (tertiary/aromatic N) is 2. The van der Waals surface area contributed by atoms with Crippen LogP contribution in [0.2, 0.25) is 0 Å². The van der Waals surface area contributed by atoms with Crippen LogP contribution in [0.5, 0.6) is 11.6 Å². The number of hydrogen-bond donors (Lipinski definition) is 1. The number of fused-ring (bicyclic) bond motifs is 1. The molecular weight excluding hydrogens is 266 g/mol. The Morgan fingerprint density at radius 2 is 1.81 bits per heavy atom. The fourth-order valence-electron chi connectivity index (χ4n) is 2.09. The molecule has 0 bridgehead atoms. The number of aromatic nitrogens is 2. The number of ether oxygens (including phenoxy) is 2. The van der Waals surface area contributed by atoms with E-state index >= 15 is 0 Å². The number of anilines is 1. The van der Waals surface area contributed by atoms with Gasteiger partial charge in [0.25, 0.3) is 0 Å². The fourth-order valence-corrected chi connectivity index (χ4v) is 2.09. The standard InChI is InChI=1S/C16H15N3O2/c1-20-10-15-18-14(17)9-16(19-15)21-13-7-6-11-4-2-3-5-12(11)8-13/h2-9H,10H2,1H3,(H2,17,18,19). The average molecular weight is 281 g/mol. The monoisotopic (exact) mass is 281 g/mol. The summed E-state index contributed by atoms with van der Waals surface area (Å²) in [5.74, 6) is 1.96. The lowest BCUT2D eigenvalue weighted by molar-refractivity contribution is 0.177. The molecule has 5 nitrogen and oxygen atoms in total. The summed E-state index contributed by atoms with van der Waals surface area (Å²) in [4.78, 5) is 8.34. The second-order valence-corrected chi connectivity index (χ2v) is 4.59. The van der Waals surface area contributed by atoms with Crippen LogP contribution in [-0.2, 0) is 11.3 Å². The van der Waals surface area contributed by atoms with Crippen LogP contribution in [-0.4, -0.2) is 17.1 Å². The maximum atomic E-state index is 5.77. The van der Waals surface area contributed by atoms with Gasteiger partial charge in [0, 0.05) is 13.2 Å². The summed E-state index contributed by atoms with van der Waals surface area (Å²) in [5, 5.41) is 2.27. The Bertz CT molecular complexity index is 774. The van der Waals surface area contributed by atoms with Crippen LogP contribution >= 0.6 is 0 Å². The predicted molar refractivity (Wildman–Crippen MR) is 81.2 cm³/mol. The van der Waals surface area contributed by atoms with Gasteiger partial charge in [-0.2, -0.15) is 4.98 Å². The van der Waals surface area contributed by atoms with E-state index in [1.807, 2.05) is 36.4 Å². The summed E-state index contributed by atoms with van der Waals surface area (Å²) in [6.07, 6.45) is 0. The maximum Gasteiger partial charge on any atom is 0.224 e. The Hall–Kier alpha value is -2.66. The van der Waals surface area contributed by atoms with E-state index in [0.717, 1.165) is 10.8 Å². The summed E-state index contributed by atoms with van der Waals surface area (Å²) in [7, 11) is 1.58. The van der Waals surface area contributed by atoms with Crippen molar-refractivity contribution in [1.82, 2.24) is 9.97 Å². The van der Waals surface area contributed by atoms with Gasteiger partial charge in [-0.25, -0.2) is 4.98 Å². The van der Waals surface area contributed by atoms with Crippen molar-refractivity contribution < 1.29 is 9.47 Å². The molecule has 0 saturated heterocycles. The predicted octanol–water partition coefficient (Wildman–Crippen LogP) is 3.15. The van der Waals surface area contributed by atoms with E-state index in [1.54, 1.807) is 13.2 Å². The summed E-state index contributed by atoms with van der Waals surface area (Å²) < 4.78 is 10.8.